The molecular formula is C28H58O3. The maximum Gasteiger partial charge on any atom is 0.0494 e. The zero-order valence-electron chi connectivity index (χ0n) is 21.4. The maximum absolute atomic E-state index is 8.80. The summed E-state index contributed by atoms with van der Waals surface area (Å²) >= 11 is 0. The Morgan fingerprint density at radius 2 is 0.742 bits per heavy atom. The zero-order valence-corrected chi connectivity index (χ0v) is 21.4. The zero-order chi connectivity index (χ0) is 22.8. The van der Waals surface area contributed by atoms with Gasteiger partial charge >= 0.3 is 0 Å². The molecule has 0 aliphatic heterocycles. The third kappa shape index (κ3) is 22.9. The van der Waals surface area contributed by atoms with Crippen molar-refractivity contribution in [1.82, 2.24) is 0 Å². The van der Waals surface area contributed by atoms with Crippen LogP contribution in [0.1, 0.15) is 142 Å². The summed E-state index contributed by atoms with van der Waals surface area (Å²) in [5.74, 6) is 1.49. The monoisotopic (exact) mass is 442 g/mol. The highest BCUT2D eigenvalue weighted by Gasteiger charge is 2.10. The Balaban J connectivity index is 3.56. The first kappa shape index (κ1) is 30.9. The minimum atomic E-state index is 0.354. The molecule has 0 aromatic carbocycles. The predicted molar refractivity (Wildman–Crippen MR) is 136 cm³/mol. The van der Waals surface area contributed by atoms with Gasteiger partial charge in [-0.1, -0.05) is 117 Å². The summed E-state index contributed by atoms with van der Waals surface area (Å²) in [5, 5.41) is 17.6. The molecule has 0 amide bonds. The average molecular weight is 443 g/mol. The van der Waals surface area contributed by atoms with Crippen molar-refractivity contribution in [3.8, 4) is 0 Å². The molecule has 3 nitrogen and oxygen atoms in total. The van der Waals surface area contributed by atoms with Crippen LogP contribution in [0.3, 0.4) is 0 Å². The standard InChI is InChI=1S/C28H58O3/c1-3-27(21-17-13-9-5-7-11-15-19-23-29)25-31-26-28(4-2)22-18-14-10-6-8-12-16-20-24-30/h27-30H,3-26H2,1-2H3. The van der Waals surface area contributed by atoms with E-state index in [1.165, 1.54) is 116 Å². The number of hydrogen-bond acceptors (Lipinski definition) is 3. The maximum atomic E-state index is 8.80. The Hall–Kier alpha value is -0.120. The van der Waals surface area contributed by atoms with Gasteiger partial charge < -0.3 is 14.9 Å². The summed E-state index contributed by atoms with van der Waals surface area (Å²) < 4.78 is 6.17. The predicted octanol–water partition coefficient (Wildman–Crippen LogP) is 8.06. The molecule has 0 bridgehead atoms. The molecule has 31 heavy (non-hydrogen) atoms. The molecule has 2 atom stereocenters. The molecule has 2 N–H and O–H groups in total. The minimum Gasteiger partial charge on any atom is -0.396 e. The van der Waals surface area contributed by atoms with Crippen molar-refractivity contribution in [2.24, 2.45) is 11.8 Å². The fourth-order valence-electron chi connectivity index (χ4n) is 4.42. The van der Waals surface area contributed by atoms with E-state index in [0.717, 1.165) is 37.9 Å². The Labute approximate surface area is 195 Å². The number of ether oxygens (including phenoxy) is 1. The second-order valence-electron chi connectivity index (χ2n) is 9.77. The van der Waals surface area contributed by atoms with Gasteiger partial charge in [0.1, 0.15) is 0 Å². The van der Waals surface area contributed by atoms with Crippen molar-refractivity contribution >= 4 is 0 Å². The van der Waals surface area contributed by atoms with Gasteiger partial charge in [0.15, 0.2) is 0 Å². The second-order valence-corrected chi connectivity index (χ2v) is 9.77. The van der Waals surface area contributed by atoms with Crippen LogP contribution in [0, 0.1) is 11.8 Å². The van der Waals surface area contributed by atoms with Gasteiger partial charge in [0.2, 0.25) is 0 Å². The van der Waals surface area contributed by atoms with Crippen LogP contribution in [0.15, 0.2) is 0 Å². The minimum absolute atomic E-state index is 0.354. The quantitative estimate of drug-likeness (QED) is 0.133. The van der Waals surface area contributed by atoms with Crippen LogP contribution in [0.2, 0.25) is 0 Å². The van der Waals surface area contributed by atoms with Gasteiger partial charge in [0.05, 0.1) is 0 Å². The first-order valence-electron chi connectivity index (χ1n) is 14.1. The number of hydrogen-bond donors (Lipinski definition) is 2. The molecular weight excluding hydrogens is 384 g/mol. The molecule has 2 unspecified atom stereocenters. The van der Waals surface area contributed by atoms with E-state index in [1.807, 2.05) is 0 Å². The van der Waals surface area contributed by atoms with Crippen LogP contribution in [0.25, 0.3) is 0 Å². The van der Waals surface area contributed by atoms with Crippen molar-refractivity contribution < 1.29 is 14.9 Å². The van der Waals surface area contributed by atoms with E-state index in [-0.39, 0.29) is 0 Å². The van der Waals surface area contributed by atoms with E-state index in [0.29, 0.717) is 13.2 Å². The molecule has 188 valence electrons. The lowest BCUT2D eigenvalue weighted by Crippen LogP contribution is -2.15. The van der Waals surface area contributed by atoms with E-state index in [9.17, 15) is 0 Å². The van der Waals surface area contributed by atoms with Crippen LogP contribution in [0.4, 0.5) is 0 Å². The number of aliphatic hydroxyl groups is 2. The van der Waals surface area contributed by atoms with Gasteiger partial charge in [-0.15, -0.1) is 0 Å². The first-order chi connectivity index (χ1) is 15.3. The molecule has 0 aliphatic rings. The summed E-state index contributed by atoms with van der Waals surface area (Å²) in [7, 11) is 0. The average Bonchev–Trinajstić information content (AvgIpc) is 2.79. The normalized spacial score (nSPS) is 13.5. The molecule has 0 radical (unpaired) electrons. The summed E-state index contributed by atoms with van der Waals surface area (Å²) in [6, 6.07) is 0. The SMILES string of the molecule is CCC(CCCCCCCCCCO)COCC(CC)CCCCCCCCCCO. The van der Waals surface area contributed by atoms with E-state index in [1.54, 1.807) is 0 Å². The molecule has 0 saturated heterocycles. The van der Waals surface area contributed by atoms with Crippen molar-refractivity contribution in [2.75, 3.05) is 26.4 Å². The molecule has 3 heteroatoms. The Bertz CT molecular complexity index is 291. The van der Waals surface area contributed by atoms with Crippen LogP contribution < -0.4 is 0 Å². The van der Waals surface area contributed by atoms with Crippen molar-refractivity contribution in [1.29, 1.82) is 0 Å². The number of unbranched alkanes of at least 4 members (excludes halogenated alkanes) is 14. The fraction of sp³-hybridized carbons (Fsp3) is 1.00. The lowest BCUT2D eigenvalue weighted by Gasteiger charge is -2.19. The molecule has 0 heterocycles. The van der Waals surface area contributed by atoms with E-state index < -0.39 is 0 Å². The largest absolute Gasteiger partial charge is 0.396 e. The van der Waals surface area contributed by atoms with Crippen molar-refractivity contribution in [3.63, 3.8) is 0 Å². The van der Waals surface area contributed by atoms with E-state index in [2.05, 4.69) is 13.8 Å². The van der Waals surface area contributed by atoms with Crippen molar-refractivity contribution in [2.45, 2.75) is 142 Å². The Morgan fingerprint density at radius 3 is 1.03 bits per heavy atom. The Morgan fingerprint density at radius 1 is 0.452 bits per heavy atom. The molecule has 0 fully saturated rings. The Kier molecular flexibility index (Phi) is 26.0. The van der Waals surface area contributed by atoms with Crippen molar-refractivity contribution in [3.05, 3.63) is 0 Å². The number of rotatable bonds is 26. The smallest absolute Gasteiger partial charge is 0.0494 e. The van der Waals surface area contributed by atoms with Gasteiger partial charge in [-0.05, 0) is 37.5 Å². The van der Waals surface area contributed by atoms with Gasteiger partial charge in [-0.2, -0.15) is 0 Å². The van der Waals surface area contributed by atoms with Crippen LogP contribution in [-0.2, 0) is 4.74 Å². The molecule has 0 aliphatic carbocycles. The van der Waals surface area contributed by atoms with Gasteiger partial charge in [0.25, 0.3) is 0 Å². The van der Waals surface area contributed by atoms with Gasteiger partial charge in [0, 0.05) is 26.4 Å². The fourth-order valence-corrected chi connectivity index (χ4v) is 4.42. The van der Waals surface area contributed by atoms with E-state index in [4.69, 9.17) is 14.9 Å². The lowest BCUT2D eigenvalue weighted by molar-refractivity contribution is 0.0627. The lowest BCUT2D eigenvalue weighted by atomic mass is 9.97. The van der Waals surface area contributed by atoms with Gasteiger partial charge in [-0.25, -0.2) is 0 Å². The topological polar surface area (TPSA) is 49.7 Å². The highest BCUT2D eigenvalue weighted by molar-refractivity contribution is 4.61. The highest BCUT2D eigenvalue weighted by atomic mass is 16.5. The third-order valence-corrected chi connectivity index (χ3v) is 6.90. The highest BCUT2D eigenvalue weighted by Crippen LogP contribution is 2.19. The van der Waals surface area contributed by atoms with Crippen LogP contribution in [-0.4, -0.2) is 36.6 Å². The van der Waals surface area contributed by atoms with Crippen LogP contribution >= 0.6 is 0 Å². The summed E-state index contributed by atoms with van der Waals surface area (Å²) in [6.45, 7) is 7.26. The van der Waals surface area contributed by atoms with Crippen LogP contribution in [0.5, 0.6) is 0 Å². The summed E-state index contributed by atoms with van der Waals surface area (Å²) in [5.41, 5.74) is 0. The molecule has 0 saturated carbocycles. The summed E-state index contributed by atoms with van der Waals surface area (Å²) in [6.07, 6.45) is 25.7. The molecule has 0 aromatic rings. The molecule has 0 spiro atoms. The number of aliphatic hydroxyl groups excluding tert-OH is 2. The summed E-state index contributed by atoms with van der Waals surface area (Å²) in [4.78, 5) is 0. The van der Waals surface area contributed by atoms with E-state index >= 15 is 0 Å². The molecule has 0 rings (SSSR count). The second kappa shape index (κ2) is 26.1. The first-order valence-corrected chi connectivity index (χ1v) is 14.1. The third-order valence-electron chi connectivity index (χ3n) is 6.90. The van der Waals surface area contributed by atoms with Gasteiger partial charge in [-0.3, -0.25) is 0 Å². The molecule has 0 aromatic heterocycles.